The predicted molar refractivity (Wildman–Crippen MR) is 51.8 cm³/mol. The second-order valence-corrected chi connectivity index (χ2v) is 2.76. The van der Waals surface area contributed by atoms with E-state index in [-0.39, 0.29) is 5.91 Å². The molecule has 1 N–H and O–H groups in total. The summed E-state index contributed by atoms with van der Waals surface area (Å²) in [6.07, 6.45) is 4.57. The first-order valence-corrected chi connectivity index (χ1v) is 4.12. The summed E-state index contributed by atoms with van der Waals surface area (Å²) >= 11 is 5.77. The maximum absolute atomic E-state index is 11.3. The van der Waals surface area contributed by atoms with Crippen molar-refractivity contribution in [1.29, 1.82) is 0 Å². The van der Waals surface area contributed by atoms with Crippen LogP contribution in [-0.2, 0) is 0 Å². The van der Waals surface area contributed by atoms with Gasteiger partial charge in [-0.2, -0.15) is 0 Å². The molecule has 4 heteroatoms. The lowest BCUT2D eigenvalue weighted by molar-refractivity contribution is 0.0958. The van der Waals surface area contributed by atoms with Gasteiger partial charge in [0.2, 0.25) is 0 Å². The van der Waals surface area contributed by atoms with E-state index >= 15 is 0 Å². The smallest absolute Gasteiger partial charge is 0.254 e. The van der Waals surface area contributed by atoms with Crippen LogP contribution >= 0.6 is 11.6 Å². The van der Waals surface area contributed by atoms with Gasteiger partial charge in [0.25, 0.3) is 5.91 Å². The Morgan fingerprint density at radius 3 is 3.15 bits per heavy atom. The molecule has 0 fully saturated rings. The Labute approximate surface area is 81.4 Å². The van der Waals surface area contributed by atoms with E-state index in [4.69, 9.17) is 11.6 Å². The molecule has 0 radical (unpaired) electrons. The fourth-order valence-electron chi connectivity index (χ4n) is 0.805. The third kappa shape index (κ3) is 2.56. The maximum atomic E-state index is 11.3. The Morgan fingerprint density at radius 1 is 1.77 bits per heavy atom. The molecule has 68 valence electrons. The summed E-state index contributed by atoms with van der Waals surface area (Å²) in [6.45, 7) is 3.91. The van der Waals surface area contributed by atoms with Gasteiger partial charge in [-0.25, -0.2) is 0 Å². The van der Waals surface area contributed by atoms with E-state index in [0.29, 0.717) is 17.1 Å². The number of carbonyl (C=O) groups is 1. The van der Waals surface area contributed by atoms with Gasteiger partial charge < -0.3 is 5.32 Å². The molecule has 13 heavy (non-hydrogen) atoms. The van der Waals surface area contributed by atoms with E-state index in [1.165, 1.54) is 12.4 Å². The highest BCUT2D eigenvalue weighted by Gasteiger charge is 2.07. The predicted octanol–water partition coefficient (Wildman–Crippen LogP) is 1.65. The van der Waals surface area contributed by atoms with Crippen LogP contribution in [0.3, 0.4) is 0 Å². The average Bonchev–Trinajstić information content (AvgIpc) is 2.15. The molecule has 0 aliphatic rings. The molecule has 1 heterocycles. The third-order valence-electron chi connectivity index (χ3n) is 1.42. The minimum atomic E-state index is -0.238. The number of pyridine rings is 1. The lowest BCUT2D eigenvalue weighted by Gasteiger charge is -2.02. The van der Waals surface area contributed by atoms with E-state index in [9.17, 15) is 4.79 Å². The quantitative estimate of drug-likeness (QED) is 0.747. The molecule has 0 aliphatic heterocycles. The van der Waals surface area contributed by atoms with Gasteiger partial charge in [0.1, 0.15) is 0 Å². The molecule has 0 spiro atoms. The van der Waals surface area contributed by atoms with Gasteiger partial charge >= 0.3 is 0 Å². The first kappa shape index (κ1) is 9.74. The molecule has 0 unspecified atom stereocenters. The summed E-state index contributed by atoms with van der Waals surface area (Å²) in [5, 5.41) is 3.01. The molecule has 0 saturated carbocycles. The van der Waals surface area contributed by atoms with Gasteiger partial charge in [-0.15, -0.1) is 6.58 Å². The van der Waals surface area contributed by atoms with E-state index < -0.39 is 0 Å². The first-order valence-electron chi connectivity index (χ1n) is 3.74. The molecular formula is C9H9ClN2O. The number of hydrogen-bond acceptors (Lipinski definition) is 2. The summed E-state index contributed by atoms with van der Waals surface area (Å²) in [4.78, 5) is 15.1. The second kappa shape index (κ2) is 4.62. The van der Waals surface area contributed by atoms with Crippen LogP contribution in [0, 0.1) is 0 Å². The van der Waals surface area contributed by atoms with Crippen molar-refractivity contribution in [2.24, 2.45) is 0 Å². The molecule has 1 aromatic heterocycles. The number of aromatic nitrogens is 1. The maximum Gasteiger partial charge on any atom is 0.254 e. The highest BCUT2D eigenvalue weighted by Crippen LogP contribution is 2.12. The van der Waals surface area contributed by atoms with Crippen LogP contribution in [0.2, 0.25) is 5.02 Å². The number of hydrogen-bond donors (Lipinski definition) is 1. The minimum absolute atomic E-state index is 0.238. The number of nitrogens with one attached hydrogen (secondary N) is 1. The van der Waals surface area contributed by atoms with Crippen LogP contribution in [0.25, 0.3) is 0 Å². The number of nitrogens with zero attached hydrogens (tertiary/aromatic N) is 1. The normalized spacial score (nSPS) is 9.31. The standard InChI is InChI=1S/C9H9ClN2O/c1-2-4-12-9(13)7-6-11-5-3-8(7)10/h2-3,5-6H,1,4H2,(H,12,13). The zero-order valence-electron chi connectivity index (χ0n) is 6.96. The third-order valence-corrected chi connectivity index (χ3v) is 1.75. The zero-order chi connectivity index (χ0) is 9.68. The van der Waals surface area contributed by atoms with Crippen molar-refractivity contribution in [2.75, 3.05) is 6.54 Å². The zero-order valence-corrected chi connectivity index (χ0v) is 7.71. The lowest BCUT2D eigenvalue weighted by atomic mass is 10.2. The van der Waals surface area contributed by atoms with Crippen molar-refractivity contribution in [3.8, 4) is 0 Å². The van der Waals surface area contributed by atoms with E-state index in [0.717, 1.165) is 0 Å². The highest BCUT2D eigenvalue weighted by molar-refractivity contribution is 6.33. The summed E-state index contributed by atoms with van der Waals surface area (Å²) in [7, 11) is 0. The molecule has 0 saturated heterocycles. The molecule has 1 rings (SSSR count). The SMILES string of the molecule is C=CCNC(=O)c1cnccc1Cl. The van der Waals surface area contributed by atoms with Crippen LogP contribution in [0.15, 0.2) is 31.1 Å². The molecule has 0 bridgehead atoms. The van der Waals surface area contributed by atoms with Crippen LogP contribution in [0.1, 0.15) is 10.4 Å². The van der Waals surface area contributed by atoms with Crippen molar-refractivity contribution in [1.82, 2.24) is 10.3 Å². The first-order chi connectivity index (χ1) is 6.25. The number of rotatable bonds is 3. The Bertz CT molecular complexity index is 325. The fourth-order valence-corrected chi connectivity index (χ4v) is 0.996. The number of halogens is 1. The second-order valence-electron chi connectivity index (χ2n) is 2.35. The van der Waals surface area contributed by atoms with Crippen molar-refractivity contribution < 1.29 is 4.79 Å². The van der Waals surface area contributed by atoms with Crippen molar-refractivity contribution >= 4 is 17.5 Å². The van der Waals surface area contributed by atoms with Gasteiger partial charge in [-0.3, -0.25) is 9.78 Å². The van der Waals surface area contributed by atoms with Crippen LogP contribution in [0.4, 0.5) is 0 Å². The van der Waals surface area contributed by atoms with Gasteiger partial charge in [-0.1, -0.05) is 17.7 Å². The Morgan fingerprint density at radius 2 is 2.54 bits per heavy atom. The molecule has 3 nitrogen and oxygen atoms in total. The molecule has 1 aromatic rings. The lowest BCUT2D eigenvalue weighted by Crippen LogP contribution is -2.23. The highest BCUT2D eigenvalue weighted by atomic mass is 35.5. The summed E-state index contributed by atoms with van der Waals surface area (Å²) in [5.41, 5.74) is 0.381. The largest absolute Gasteiger partial charge is 0.348 e. The van der Waals surface area contributed by atoms with Gasteiger partial charge in [-0.05, 0) is 6.07 Å². The van der Waals surface area contributed by atoms with Crippen molar-refractivity contribution in [3.63, 3.8) is 0 Å². The Hall–Kier alpha value is -1.35. The molecule has 1 amide bonds. The molecule has 0 atom stereocenters. The summed E-state index contributed by atoms with van der Waals surface area (Å²) in [6, 6.07) is 1.57. The van der Waals surface area contributed by atoms with E-state index in [1.807, 2.05) is 0 Å². The van der Waals surface area contributed by atoms with E-state index in [2.05, 4.69) is 16.9 Å². The summed E-state index contributed by atoms with van der Waals surface area (Å²) in [5.74, 6) is -0.238. The molecule has 0 aliphatic carbocycles. The molecular weight excluding hydrogens is 188 g/mol. The van der Waals surface area contributed by atoms with Gasteiger partial charge in [0.05, 0.1) is 10.6 Å². The van der Waals surface area contributed by atoms with Crippen molar-refractivity contribution in [3.05, 3.63) is 41.7 Å². The summed E-state index contributed by atoms with van der Waals surface area (Å²) < 4.78 is 0. The number of carbonyl (C=O) groups excluding carboxylic acids is 1. The number of amides is 1. The van der Waals surface area contributed by atoms with E-state index in [1.54, 1.807) is 12.1 Å². The van der Waals surface area contributed by atoms with Crippen LogP contribution < -0.4 is 5.32 Å². The van der Waals surface area contributed by atoms with Crippen molar-refractivity contribution in [2.45, 2.75) is 0 Å². The Balaban J connectivity index is 2.76. The fraction of sp³-hybridized carbons (Fsp3) is 0.111. The monoisotopic (exact) mass is 196 g/mol. The minimum Gasteiger partial charge on any atom is -0.348 e. The van der Waals surface area contributed by atoms with Crippen LogP contribution in [-0.4, -0.2) is 17.4 Å². The molecule has 0 aromatic carbocycles. The van der Waals surface area contributed by atoms with Gasteiger partial charge in [0, 0.05) is 18.9 Å². The average molecular weight is 197 g/mol. The topological polar surface area (TPSA) is 42.0 Å². The van der Waals surface area contributed by atoms with Crippen LogP contribution in [0.5, 0.6) is 0 Å². The Kier molecular flexibility index (Phi) is 3.46. The van der Waals surface area contributed by atoms with Gasteiger partial charge in [0.15, 0.2) is 0 Å².